The van der Waals surface area contributed by atoms with Gasteiger partial charge in [0.1, 0.15) is 0 Å². The predicted octanol–water partition coefficient (Wildman–Crippen LogP) is 4.30. The molecule has 2 aromatic rings. The molecule has 0 radical (unpaired) electrons. The molecule has 0 fully saturated rings. The van der Waals surface area contributed by atoms with E-state index in [9.17, 15) is 0 Å². The van der Waals surface area contributed by atoms with Crippen molar-refractivity contribution in [2.75, 3.05) is 6.26 Å². The van der Waals surface area contributed by atoms with Gasteiger partial charge in [-0.15, -0.1) is 11.8 Å². The van der Waals surface area contributed by atoms with E-state index in [0.717, 1.165) is 10.6 Å². The smallest absolute Gasteiger partial charge is 0.0881 e. The zero-order chi connectivity index (χ0) is 10.7. The number of hydrogen-bond acceptors (Lipinski definition) is 3. The topological polar surface area (TPSA) is 12.4 Å². The minimum Gasteiger partial charge on any atom is -0.194 e. The summed E-state index contributed by atoms with van der Waals surface area (Å²) in [5.74, 6) is 0. The van der Waals surface area contributed by atoms with Crippen LogP contribution in [0.2, 0.25) is 0 Å². The highest BCUT2D eigenvalue weighted by Crippen LogP contribution is 2.34. The summed E-state index contributed by atoms with van der Waals surface area (Å²) < 4.78 is 0. The summed E-state index contributed by atoms with van der Waals surface area (Å²) in [4.78, 5) is 5.23. The molecule has 0 amide bonds. The van der Waals surface area contributed by atoms with Gasteiger partial charge in [0.15, 0.2) is 0 Å². The monoisotopic (exact) mass is 231 g/mol. The van der Waals surface area contributed by atoms with E-state index in [0.29, 0.717) is 0 Å². The van der Waals surface area contributed by atoms with Gasteiger partial charge in [-0.25, -0.2) is 0 Å². The molecule has 0 aliphatic carbocycles. The van der Waals surface area contributed by atoms with Crippen LogP contribution in [0.15, 0.2) is 46.3 Å². The maximum atomic E-state index is 4.64. The fourth-order valence-corrected chi connectivity index (χ4v) is 2.41. The second-order valence-corrected chi connectivity index (χ2v) is 4.04. The molecular weight excluding hydrogens is 222 g/mol. The van der Waals surface area contributed by atoms with Gasteiger partial charge in [-0.3, -0.25) is 0 Å². The molecule has 0 aliphatic rings. The summed E-state index contributed by atoms with van der Waals surface area (Å²) in [7, 11) is 0. The van der Waals surface area contributed by atoms with Crippen LogP contribution in [-0.2, 0) is 0 Å². The van der Waals surface area contributed by atoms with Crippen molar-refractivity contribution >= 4 is 45.6 Å². The van der Waals surface area contributed by atoms with Crippen molar-refractivity contribution in [2.45, 2.75) is 4.90 Å². The van der Waals surface area contributed by atoms with E-state index >= 15 is 0 Å². The van der Waals surface area contributed by atoms with Gasteiger partial charge in [0.05, 0.1) is 10.8 Å². The van der Waals surface area contributed by atoms with Gasteiger partial charge >= 0.3 is 0 Å². The van der Waals surface area contributed by atoms with Crippen molar-refractivity contribution in [3.63, 3.8) is 0 Å². The Morgan fingerprint density at radius 1 is 1.20 bits per heavy atom. The molecular formula is C12H9NS2. The van der Waals surface area contributed by atoms with Gasteiger partial charge in [0, 0.05) is 4.90 Å². The van der Waals surface area contributed by atoms with E-state index in [1.165, 1.54) is 10.8 Å². The first-order valence-electron chi connectivity index (χ1n) is 4.50. The van der Waals surface area contributed by atoms with Gasteiger partial charge in [-0.05, 0) is 35.3 Å². The van der Waals surface area contributed by atoms with E-state index in [1.54, 1.807) is 11.8 Å². The van der Waals surface area contributed by atoms with Crippen molar-refractivity contribution in [3.8, 4) is 0 Å². The minimum atomic E-state index is 0.899. The van der Waals surface area contributed by atoms with Crippen LogP contribution in [0.4, 0.5) is 5.69 Å². The Bertz CT molecular complexity index is 542. The SMILES string of the molecule is CSc1c(N=C=S)ccc2ccccc12. The van der Waals surface area contributed by atoms with E-state index in [2.05, 4.69) is 40.6 Å². The molecule has 2 aromatic carbocycles. The second kappa shape index (κ2) is 4.58. The Morgan fingerprint density at radius 3 is 2.73 bits per heavy atom. The zero-order valence-corrected chi connectivity index (χ0v) is 9.86. The number of isothiocyanates is 1. The Morgan fingerprint density at radius 2 is 2.00 bits per heavy atom. The molecule has 0 spiro atoms. The fraction of sp³-hybridized carbons (Fsp3) is 0.0833. The molecule has 0 atom stereocenters. The Balaban J connectivity index is 2.80. The lowest BCUT2D eigenvalue weighted by atomic mass is 10.1. The second-order valence-electron chi connectivity index (χ2n) is 3.04. The first kappa shape index (κ1) is 10.4. The lowest BCUT2D eigenvalue weighted by Gasteiger charge is -2.05. The standard InChI is InChI=1S/C12H9NS2/c1-15-12-10-5-3-2-4-9(10)6-7-11(12)13-8-14/h2-7H,1H3. The van der Waals surface area contributed by atoms with Crippen LogP contribution < -0.4 is 0 Å². The molecule has 0 heterocycles. The largest absolute Gasteiger partial charge is 0.194 e. The summed E-state index contributed by atoms with van der Waals surface area (Å²) in [6.45, 7) is 0. The molecule has 2 rings (SSSR count). The Labute approximate surface area is 98.2 Å². The number of thioether (sulfide) groups is 1. The number of fused-ring (bicyclic) bond motifs is 1. The average molecular weight is 231 g/mol. The maximum absolute atomic E-state index is 4.64. The number of aliphatic imine (C=N–C) groups is 1. The molecule has 0 N–H and O–H groups in total. The third-order valence-electron chi connectivity index (χ3n) is 2.23. The van der Waals surface area contributed by atoms with Crippen LogP contribution in [0, 0.1) is 0 Å². The normalized spacial score (nSPS) is 9.93. The van der Waals surface area contributed by atoms with Crippen molar-refractivity contribution in [2.24, 2.45) is 4.99 Å². The highest BCUT2D eigenvalue weighted by Gasteiger charge is 2.04. The summed E-state index contributed by atoms with van der Waals surface area (Å²) in [6.07, 6.45) is 2.05. The molecule has 0 aliphatic heterocycles. The van der Waals surface area contributed by atoms with Gasteiger partial charge in [-0.2, -0.15) is 4.99 Å². The van der Waals surface area contributed by atoms with E-state index in [1.807, 2.05) is 24.5 Å². The summed E-state index contributed by atoms with van der Waals surface area (Å²) >= 11 is 6.32. The molecule has 0 saturated heterocycles. The predicted molar refractivity (Wildman–Crippen MR) is 70.4 cm³/mol. The third kappa shape index (κ3) is 1.95. The van der Waals surface area contributed by atoms with E-state index in [4.69, 9.17) is 0 Å². The van der Waals surface area contributed by atoms with Crippen LogP contribution in [0.3, 0.4) is 0 Å². The van der Waals surface area contributed by atoms with Gasteiger partial charge in [0.2, 0.25) is 0 Å². The average Bonchev–Trinajstić information content (AvgIpc) is 2.29. The lowest BCUT2D eigenvalue weighted by Crippen LogP contribution is -1.78. The van der Waals surface area contributed by atoms with E-state index in [-0.39, 0.29) is 0 Å². The number of hydrogen-bond donors (Lipinski definition) is 0. The number of rotatable bonds is 2. The van der Waals surface area contributed by atoms with Gasteiger partial charge in [-0.1, -0.05) is 30.3 Å². The van der Waals surface area contributed by atoms with Crippen molar-refractivity contribution in [1.29, 1.82) is 0 Å². The number of nitrogens with zero attached hydrogens (tertiary/aromatic N) is 1. The molecule has 1 nitrogen and oxygen atoms in total. The first-order valence-corrected chi connectivity index (χ1v) is 6.13. The van der Waals surface area contributed by atoms with Crippen LogP contribution in [0.25, 0.3) is 10.8 Å². The van der Waals surface area contributed by atoms with Crippen molar-refractivity contribution < 1.29 is 0 Å². The van der Waals surface area contributed by atoms with Crippen LogP contribution in [-0.4, -0.2) is 11.4 Å². The molecule has 15 heavy (non-hydrogen) atoms. The number of thiocarbonyl (C=S) groups is 1. The van der Waals surface area contributed by atoms with Crippen LogP contribution in [0.5, 0.6) is 0 Å². The Hall–Kier alpha value is -1.15. The Kier molecular flexibility index (Phi) is 3.17. The van der Waals surface area contributed by atoms with Crippen LogP contribution in [0.1, 0.15) is 0 Å². The third-order valence-corrected chi connectivity index (χ3v) is 3.16. The fourth-order valence-electron chi connectivity index (χ4n) is 1.58. The van der Waals surface area contributed by atoms with Crippen molar-refractivity contribution in [1.82, 2.24) is 0 Å². The zero-order valence-electron chi connectivity index (χ0n) is 8.23. The number of benzene rings is 2. The minimum absolute atomic E-state index is 0.899. The maximum Gasteiger partial charge on any atom is 0.0881 e. The molecule has 3 heteroatoms. The quantitative estimate of drug-likeness (QED) is 0.434. The molecule has 0 saturated carbocycles. The first-order chi connectivity index (χ1) is 7.36. The highest BCUT2D eigenvalue weighted by molar-refractivity contribution is 7.99. The van der Waals surface area contributed by atoms with Crippen LogP contribution >= 0.6 is 24.0 Å². The summed E-state index contributed by atoms with van der Waals surface area (Å²) in [6, 6.07) is 12.3. The van der Waals surface area contributed by atoms with Crippen molar-refractivity contribution in [3.05, 3.63) is 36.4 Å². The molecule has 74 valence electrons. The van der Waals surface area contributed by atoms with E-state index < -0.39 is 0 Å². The summed E-state index contributed by atoms with van der Waals surface area (Å²) in [5.41, 5.74) is 0.899. The summed E-state index contributed by atoms with van der Waals surface area (Å²) in [5, 5.41) is 4.86. The van der Waals surface area contributed by atoms with Gasteiger partial charge in [0.25, 0.3) is 0 Å². The molecule has 0 bridgehead atoms. The molecule has 0 aromatic heterocycles. The molecule has 0 unspecified atom stereocenters. The highest BCUT2D eigenvalue weighted by atomic mass is 32.2. The lowest BCUT2D eigenvalue weighted by molar-refractivity contribution is 1.44. The van der Waals surface area contributed by atoms with Gasteiger partial charge < -0.3 is 0 Å².